The highest BCUT2D eigenvalue weighted by molar-refractivity contribution is 5.53. The average molecular weight is 238 g/mol. The van der Waals surface area contributed by atoms with Gasteiger partial charge in [-0.05, 0) is 12.1 Å². The smallest absolute Gasteiger partial charge is 0.161 e. The number of rotatable bonds is 3. The molecule has 0 radical (unpaired) electrons. The van der Waals surface area contributed by atoms with E-state index in [1.54, 1.807) is 24.3 Å². The van der Waals surface area contributed by atoms with Gasteiger partial charge in [0.25, 0.3) is 0 Å². The molecule has 0 aliphatic rings. The summed E-state index contributed by atoms with van der Waals surface area (Å²) in [5.74, 6) is -3.19. The Labute approximate surface area is 96.1 Å². The van der Waals surface area contributed by atoms with E-state index in [1.807, 2.05) is 6.07 Å². The molecule has 0 aliphatic heterocycles. The molecule has 0 saturated heterocycles. The summed E-state index contributed by atoms with van der Waals surface area (Å²) in [7, 11) is 0. The lowest BCUT2D eigenvalue weighted by Gasteiger charge is -2.10. The maximum absolute atomic E-state index is 13.2. The van der Waals surface area contributed by atoms with Crippen LogP contribution in [0, 0.1) is 17.5 Å². The van der Waals surface area contributed by atoms with E-state index in [-0.39, 0.29) is 5.69 Å². The van der Waals surface area contributed by atoms with Crippen molar-refractivity contribution in [1.29, 1.82) is 0 Å². The van der Waals surface area contributed by atoms with Crippen LogP contribution in [0.1, 0.15) is 0 Å². The van der Waals surface area contributed by atoms with Crippen LogP contribution in [0.5, 0.6) is 0 Å². The second kappa shape index (κ2) is 4.78. The van der Waals surface area contributed by atoms with Gasteiger partial charge < -0.3 is 5.43 Å². The summed E-state index contributed by atoms with van der Waals surface area (Å²) < 4.78 is 38.8. The number of hydrogen-bond donors (Lipinski definition) is 2. The molecule has 0 amide bonds. The fraction of sp³-hybridized carbons (Fsp3) is 0. The predicted molar refractivity (Wildman–Crippen MR) is 60.0 cm³/mol. The van der Waals surface area contributed by atoms with Crippen LogP contribution in [-0.4, -0.2) is 0 Å². The Morgan fingerprint density at radius 3 is 2.06 bits per heavy atom. The van der Waals surface area contributed by atoms with E-state index < -0.39 is 17.5 Å². The summed E-state index contributed by atoms with van der Waals surface area (Å²) >= 11 is 0. The zero-order valence-corrected chi connectivity index (χ0v) is 8.68. The molecule has 5 heteroatoms. The van der Waals surface area contributed by atoms with E-state index >= 15 is 0 Å². The van der Waals surface area contributed by atoms with Crippen molar-refractivity contribution in [2.24, 2.45) is 0 Å². The molecule has 2 nitrogen and oxygen atoms in total. The van der Waals surface area contributed by atoms with Crippen LogP contribution in [0.4, 0.5) is 24.5 Å². The summed E-state index contributed by atoms with van der Waals surface area (Å²) in [5.41, 5.74) is 5.65. The highest BCUT2D eigenvalue weighted by Gasteiger charge is 2.09. The molecular formula is C12H9F3N2. The molecule has 88 valence electrons. The first kappa shape index (κ1) is 11.3. The van der Waals surface area contributed by atoms with Crippen LogP contribution < -0.4 is 10.9 Å². The van der Waals surface area contributed by atoms with Crippen LogP contribution >= 0.6 is 0 Å². The highest BCUT2D eigenvalue weighted by Crippen LogP contribution is 2.18. The fourth-order valence-electron chi connectivity index (χ4n) is 1.28. The van der Waals surface area contributed by atoms with Crippen LogP contribution in [0.15, 0.2) is 42.5 Å². The SMILES string of the molecule is Fc1cc(F)c(NNc2ccccc2)cc1F. The molecule has 0 unspecified atom stereocenters. The van der Waals surface area contributed by atoms with Gasteiger partial charge in [-0.15, -0.1) is 0 Å². The van der Waals surface area contributed by atoms with Gasteiger partial charge in [-0.25, -0.2) is 13.2 Å². The van der Waals surface area contributed by atoms with Gasteiger partial charge in [0.1, 0.15) is 0 Å². The van der Waals surface area contributed by atoms with Crippen LogP contribution in [0.2, 0.25) is 0 Å². The molecule has 2 aromatic rings. The molecule has 2 N–H and O–H groups in total. The lowest BCUT2D eigenvalue weighted by molar-refractivity contribution is 0.496. The molecule has 17 heavy (non-hydrogen) atoms. The van der Waals surface area contributed by atoms with Crippen LogP contribution in [-0.2, 0) is 0 Å². The topological polar surface area (TPSA) is 24.1 Å². The summed E-state index contributed by atoms with van der Waals surface area (Å²) in [5, 5.41) is 0. The summed E-state index contributed by atoms with van der Waals surface area (Å²) in [6.07, 6.45) is 0. The molecule has 0 saturated carbocycles. The standard InChI is InChI=1S/C12H9F3N2/c13-9-6-11(15)12(7-10(9)14)17-16-8-4-2-1-3-5-8/h1-7,16-17H. The van der Waals surface area contributed by atoms with Gasteiger partial charge in [0.2, 0.25) is 0 Å². The minimum atomic E-state index is -1.22. The summed E-state index contributed by atoms with van der Waals surface area (Å²) in [6, 6.07) is 10.1. The zero-order valence-electron chi connectivity index (χ0n) is 8.68. The number of para-hydroxylation sites is 1. The lowest BCUT2D eigenvalue weighted by atomic mass is 10.3. The zero-order chi connectivity index (χ0) is 12.3. The van der Waals surface area contributed by atoms with Crippen LogP contribution in [0.25, 0.3) is 0 Å². The van der Waals surface area contributed by atoms with Gasteiger partial charge in [0, 0.05) is 12.1 Å². The van der Waals surface area contributed by atoms with E-state index in [0.29, 0.717) is 11.8 Å². The van der Waals surface area contributed by atoms with Crippen molar-refractivity contribution in [3.8, 4) is 0 Å². The predicted octanol–water partition coefficient (Wildman–Crippen LogP) is 3.54. The molecule has 0 spiro atoms. The van der Waals surface area contributed by atoms with E-state index in [9.17, 15) is 13.2 Å². The Hall–Kier alpha value is -2.17. The van der Waals surface area contributed by atoms with Crippen molar-refractivity contribution in [2.75, 3.05) is 10.9 Å². The molecule has 0 aliphatic carbocycles. The minimum Gasteiger partial charge on any atom is -0.301 e. The maximum Gasteiger partial charge on any atom is 0.161 e. The first-order chi connectivity index (χ1) is 8.16. The Kier molecular flexibility index (Phi) is 3.18. The largest absolute Gasteiger partial charge is 0.301 e. The Morgan fingerprint density at radius 1 is 0.706 bits per heavy atom. The first-order valence-corrected chi connectivity index (χ1v) is 4.88. The normalized spacial score (nSPS) is 10.1. The number of hydrazine groups is 1. The highest BCUT2D eigenvalue weighted by atomic mass is 19.2. The quantitative estimate of drug-likeness (QED) is 0.631. The Balaban J connectivity index is 2.12. The van der Waals surface area contributed by atoms with E-state index in [2.05, 4.69) is 10.9 Å². The minimum absolute atomic E-state index is 0.159. The van der Waals surface area contributed by atoms with Gasteiger partial charge in [-0.2, -0.15) is 0 Å². The van der Waals surface area contributed by atoms with Gasteiger partial charge in [0.05, 0.1) is 11.4 Å². The van der Waals surface area contributed by atoms with Crippen molar-refractivity contribution in [2.45, 2.75) is 0 Å². The summed E-state index contributed by atoms with van der Waals surface area (Å²) in [4.78, 5) is 0. The molecule has 0 atom stereocenters. The molecular weight excluding hydrogens is 229 g/mol. The van der Waals surface area contributed by atoms with E-state index in [0.717, 1.165) is 6.07 Å². The molecule has 2 rings (SSSR count). The van der Waals surface area contributed by atoms with Gasteiger partial charge in [-0.3, -0.25) is 5.43 Å². The van der Waals surface area contributed by atoms with Crippen molar-refractivity contribution in [3.63, 3.8) is 0 Å². The van der Waals surface area contributed by atoms with Crippen molar-refractivity contribution < 1.29 is 13.2 Å². The Bertz CT molecular complexity index is 515. The third kappa shape index (κ3) is 2.69. The monoisotopic (exact) mass is 238 g/mol. The number of benzene rings is 2. The third-order valence-electron chi connectivity index (χ3n) is 2.13. The number of anilines is 2. The molecule has 0 fully saturated rings. The second-order valence-electron chi connectivity index (χ2n) is 3.36. The lowest BCUT2D eigenvalue weighted by Crippen LogP contribution is -2.10. The molecule has 0 aromatic heterocycles. The maximum atomic E-state index is 13.2. The average Bonchev–Trinajstić information content (AvgIpc) is 2.33. The fourth-order valence-corrected chi connectivity index (χ4v) is 1.28. The van der Waals surface area contributed by atoms with Crippen LogP contribution in [0.3, 0.4) is 0 Å². The van der Waals surface area contributed by atoms with Crippen molar-refractivity contribution in [1.82, 2.24) is 0 Å². The molecule has 0 heterocycles. The van der Waals surface area contributed by atoms with E-state index in [1.165, 1.54) is 0 Å². The van der Waals surface area contributed by atoms with Gasteiger partial charge in [-0.1, -0.05) is 18.2 Å². The number of nitrogens with one attached hydrogen (secondary N) is 2. The van der Waals surface area contributed by atoms with E-state index in [4.69, 9.17) is 0 Å². The Morgan fingerprint density at radius 2 is 1.35 bits per heavy atom. The van der Waals surface area contributed by atoms with Crippen molar-refractivity contribution in [3.05, 3.63) is 59.9 Å². The number of hydrogen-bond acceptors (Lipinski definition) is 2. The van der Waals surface area contributed by atoms with Crippen molar-refractivity contribution >= 4 is 11.4 Å². The first-order valence-electron chi connectivity index (χ1n) is 4.88. The third-order valence-corrected chi connectivity index (χ3v) is 2.13. The number of halogens is 3. The van der Waals surface area contributed by atoms with Gasteiger partial charge >= 0.3 is 0 Å². The van der Waals surface area contributed by atoms with Gasteiger partial charge in [0.15, 0.2) is 17.5 Å². The second-order valence-corrected chi connectivity index (χ2v) is 3.36. The molecule has 0 bridgehead atoms. The summed E-state index contributed by atoms with van der Waals surface area (Å²) in [6.45, 7) is 0. The molecule has 2 aromatic carbocycles.